The van der Waals surface area contributed by atoms with Crippen LogP contribution in [0, 0.1) is 18.7 Å². The predicted octanol–water partition coefficient (Wildman–Crippen LogP) is 4.20. The van der Waals surface area contributed by atoms with Crippen LogP contribution in [-0.2, 0) is 11.0 Å². The molecule has 0 bridgehead atoms. The van der Waals surface area contributed by atoms with Gasteiger partial charge in [-0.15, -0.1) is 0 Å². The van der Waals surface area contributed by atoms with Gasteiger partial charge >= 0.3 is 6.18 Å². The number of hydrogen-bond acceptors (Lipinski definition) is 5. The number of piperidine rings is 1. The lowest BCUT2D eigenvalue weighted by Crippen LogP contribution is -2.41. The summed E-state index contributed by atoms with van der Waals surface area (Å²) in [4.78, 5) is 23.7. The third kappa shape index (κ3) is 4.48. The molecule has 1 N–H and O–H groups in total. The van der Waals surface area contributed by atoms with Gasteiger partial charge in [0.2, 0.25) is 0 Å². The third-order valence-corrected chi connectivity index (χ3v) is 5.34. The highest BCUT2D eigenvalue weighted by Crippen LogP contribution is 2.31. The van der Waals surface area contributed by atoms with Crippen molar-refractivity contribution in [3.8, 4) is 0 Å². The molecule has 0 saturated carbocycles. The Bertz CT molecular complexity index is 1010. The van der Waals surface area contributed by atoms with E-state index < -0.39 is 11.9 Å². The number of anilines is 1. The third-order valence-electron chi connectivity index (χ3n) is 5.34. The van der Waals surface area contributed by atoms with Gasteiger partial charge in [-0.1, -0.05) is 5.59 Å². The van der Waals surface area contributed by atoms with E-state index in [-0.39, 0.29) is 28.9 Å². The molecule has 1 atom stereocenters. The molecule has 31 heavy (non-hydrogen) atoms. The first-order chi connectivity index (χ1) is 14.7. The number of pyridine rings is 1. The minimum absolute atomic E-state index is 0.0439. The standard InChI is InChI=1S/C21H20F4N4O2/c1-13-17(8-9-19(26-13)21(23,24)25)20(30)28-10-2-3-14(11-28)18-12-29(27-31-18)16-6-4-15(22)5-7-16/h4-9,12,14,27H,2-3,10-11H2,1H3/t14-/m0/s1. The summed E-state index contributed by atoms with van der Waals surface area (Å²) in [6, 6.07) is 7.88. The van der Waals surface area contributed by atoms with Crippen LogP contribution in [0.4, 0.5) is 23.2 Å². The first-order valence-corrected chi connectivity index (χ1v) is 9.75. The molecule has 1 amide bonds. The van der Waals surface area contributed by atoms with Crippen molar-refractivity contribution in [2.45, 2.75) is 25.9 Å². The van der Waals surface area contributed by atoms with Gasteiger partial charge in [0, 0.05) is 19.0 Å². The summed E-state index contributed by atoms with van der Waals surface area (Å²) in [5, 5.41) is 1.61. The Morgan fingerprint density at radius 3 is 2.61 bits per heavy atom. The fourth-order valence-electron chi connectivity index (χ4n) is 3.71. The Labute approximate surface area is 176 Å². The summed E-state index contributed by atoms with van der Waals surface area (Å²) < 4.78 is 51.7. The second kappa shape index (κ2) is 8.18. The Balaban J connectivity index is 1.47. The highest BCUT2D eigenvalue weighted by atomic mass is 19.4. The quantitative estimate of drug-likeness (QED) is 0.731. The number of aromatic nitrogens is 1. The SMILES string of the molecule is Cc1nc(C(F)(F)F)ccc1C(=O)N1CCC[C@H](C2=CN(c3ccc(F)cc3)NO2)C1. The van der Waals surface area contributed by atoms with Crippen molar-refractivity contribution in [2.24, 2.45) is 5.92 Å². The second-order valence-corrected chi connectivity index (χ2v) is 7.49. The molecule has 0 unspecified atom stereocenters. The number of nitrogens with one attached hydrogen (secondary N) is 1. The average Bonchev–Trinajstić information content (AvgIpc) is 3.23. The van der Waals surface area contributed by atoms with Crippen molar-refractivity contribution in [1.29, 1.82) is 0 Å². The molecule has 4 rings (SSSR count). The molecule has 2 aliphatic heterocycles. The number of nitrogens with zero attached hydrogens (tertiary/aromatic N) is 3. The number of rotatable bonds is 3. The molecular formula is C21H20F4N4O2. The largest absolute Gasteiger partial charge is 0.433 e. The molecule has 1 saturated heterocycles. The van der Waals surface area contributed by atoms with E-state index in [4.69, 9.17) is 4.84 Å². The van der Waals surface area contributed by atoms with Gasteiger partial charge in [0.05, 0.1) is 23.1 Å². The van der Waals surface area contributed by atoms with Crippen molar-refractivity contribution in [1.82, 2.24) is 15.5 Å². The smallest absolute Gasteiger partial charge is 0.391 e. The lowest BCUT2D eigenvalue weighted by molar-refractivity contribution is -0.141. The normalized spacial score (nSPS) is 19.3. The first kappa shape index (κ1) is 21.1. The number of alkyl halides is 3. The Kier molecular flexibility index (Phi) is 5.57. The van der Waals surface area contributed by atoms with Gasteiger partial charge in [-0.25, -0.2) is 14.4 Å². The van der Waals surface area contributed by atoms with Crippen molar-refractivity contribution in [3.63, 3.8) is 0 Å². The zero-order chi connectivity index (χ0) is 22.2. The van der Waals surface area contributed by atoms with Crippen molar-refractivity contribution < 1.29 is 27.2 Å². The number of amides is 1. The topological polar surface area (TPSA) is 57.7 Å². The van der Waals surface area contributed by atoms with Gasteiger partial charge in [0.25, 0.3) is 5.91 Å². The van der Waals surface area contributed by atoms with Crippen LogP contribution in [-0.4, -0.2) is 28.9 Å². The van der Waals surface area contributed by atoms with Crippen molar-refractivity contribution >= 4 is 11.6 Å². The van der Waals surface area contributed by atoms with Crippen LogP contribution < -0.4 is 10.6 Å². The summed E-state index contributed by atoms with van der Waals surface area (Å²) in [6.45, 7) is 2.26. The summed E-state index contributed by atoms with van der Waals surface area (Å²) in [6.07, 6.45) is -1.30. The molecular weight excluding hydrogens is 416 g/mol. The zero-order valence-electron chi connectivity index (χ0n) is 16.6. The molecule has 3 heterocycles. The van der Waals surface area contributed by atoms with E-state index in [1.165, 1.54) is 25.1 Å². The van der Waals surface area contributed by atoms with E-state index in [1.54, 1.807) is 28.2 Å². The molecule has 2 aromatic rings. The van der Waals surface area contributed by atoms with Gasteiger partial charge in [0.15, 0.2) is 0 Å². The van der Waals surface area contributed by atoms with Crippen LogP contribution in [0.5, 0.6) is 0 Å². The summed E-state index contributed by atoms with van der Waals surface area (Å²) in [7, 11) is 0. The lowest BCUT2D eigenvalue weighted by atomic mass is 9.95. The van der Waals surface area contributed by atoms with Crippen LogP contribution in [0.1, 0.15) is 34.6 Å². The number of aryl methyl sites for hydroxylation is 1. The van der Waals surface area contributed by atoms with Crippen LogP contribution in [0.25, 0.3) is 0 Å². The van der Waals surface area contributed by atoms with Gasteiger partial charge in [-0.2, -0.15) is 13.2 Å². The maximum absolute atomic E-state index is 13.1. The number of likely N-dealkylation sites (tertiary alicyclic amines) is 1. The summed E-state index contributed by atoms with van der Waals surface area (Å²) >= 11 is 0. The Hall–Kier alpha value is -3.14. The average molecular weight is 436 g/mol. The monoisotopic (exact) mass is 436 g/mol. The minimum atomic E-state index is -4.56. The molecule has 6 nitrogen and oxygen atoms in total. The van der Waals surface area contributed by atoms with Crippen LogP contribution in [0.2, 0.25) is 0 Å². The van der Waals surface area contributed by atoms with E-state index in [0.717, 1.165) is 18.9 Å². The van der Waals surface area contributed by atoms with E-state index in [9.17, 15) is 22.4 Å². The molecule has 1 fully saturated rings. The Morgan fingerprint density at radius 1 is 1.19 bits per heavy atom. The van der Waals surface area contributed by atoms with Crippen LogP contribution in [0.15, 0.2) is 48.4 Å². The molecule has 0 radical (unpaired) electrons. The van der Waals surface area contributed by atoms with Gasteiger partial charge < -0.3 is 9.74 Å². The summed E-state index contributed by atoms with van der Waals surface area (Å²) in [5.74, 6) is -0.157. The fourth-order valence-corrected chi connectivity index (χ4v) is 3.71. The van der Waals surface area contributed by atoms with E-state index >= 15 is 0 Å². The highest BCUT2D eigenvalue weighted by Gasteiger charge is 2.34. The van der Waals surface area contributed by atoms with E-state index in [2.05, 4.69) is 10.6 Å². The molecule has 1 aromatic carbocycles. The summed E-state index contributed by atoms with van der Waals surface area (Å²) in [5.41, 5.74) is 2.61. The van der Waals surface area contributed by atoms with Crippen LogP contribution >= 0.6 is 0 Å². The number of carbonyl (C=O) groups excluding carboxylic acids is 1. The minimum Gasteiger partial charge on any atom is -0.391 e. The van der Waals surface area contributed by atoms with Crippen molar-refractivity contribution in [2.75, 3.05) is 18.1 Å². The maximum atomic E-state index is 13.1. The molecule has 0 spiro atoms. The molecule has 1 aromatic heterocycles. The fraction of sp³-hybridized carbons (Fsp3) is 0.333. The lowest BCUT2D eigenvalue weighted by Gasteiger charge is -2.32. The molecule has 0 aliphatic carbocycles. The van der Waals surface area contributed by atoms with Crippen LogP contribution in [0.3, 0.4) is 0 Å². The van der Waals surface area contributed by atoms with Gasteiger partial charge in [-0.3, -0.25) is 4.79 Å². The zero-order valence-corrected chi connectivity index (χ0v) is 16.6. The van der Waals surface area contributed by atoms with Crippen molar-refractivity contribution in [3.05, 3.63) is 71.1 Å². The highest BCUT2D eigenvalue weighted by molar-refractivity contribution is 5.95. The molecule has 10 heteroatoms. The van der Waals surface area contributed by atoms with Gasteiger partial charge in [-0.05, 0) is 56.2 Å². The molecule has 164 valence electrons. The second-order valence-electron chi connectivity index (χ2n) is 7.49. The van der Waals surface area contributed by atoms with Gasteiger partial charge in [0.1, 0.15) is 17.3 Å². The first-order valence-electron chi connectivity index (χ1n) is 9.75. The Morgan fingerprint density at radius 2 is 1.94 bits per heavy atom. The van der Waals surface area contributed by atoms with E-state index in [0.29, 0.717) is 24.5 Å². The molecule has 2 aliphatic rings. The number of halogens is 4. The number of benzene rings is 1. The number of hydrazine groups is 1. The van der Waals surface area contributed by atoms with E-state index in [1.807, 2.05) is 0 Å². The number of carbonyl (C=O) groups is 1. The number of hydrogen-bond donors (Lipinski definition) is 1. The maximum Gasteiger partial charge on any atom is 0.433 e. The predicted molar refractivity (Wildman–Crippen MR) is 104 cm³/mol.